The van der Waals surface area contributed by atoms with Crippen LogP contribution >= 0.6 is 21.6 Å². The molecule has 0 rings (SSSR count). The SMILES string of the molecule is OCCCCCCCCCSSCCCCCCCCCO. The Balaban J connectivity index is 2.91. The molecule has 0 fully saturated rings. The highest BCUT2D eigenvalue weighted by Gasteiger charge is 1.95. The predicted octanol–water partition coefficient (Wildman–Crippen LogP) is 5.81. The predicted molar refractivity (Wildman–Crippen MR) is 104 cm³/mol. The molecular formula is C18H38O2S2. The van der Waals surface area contributed by atoms with Gasteiger partial charge in [-0.15, -0.1) is 0 Å². The van der Waals surface area contributed by atoms with Gasteiger partial charge in [-0.2, -0.15) is 0 Å². The smallest absolute Gasteiger partial charge is 0.0431 e. The van der Waals surface area contributed by atoms with Crippen LogP contribution in [-0.2, 0) is 0 Å². The van der Waals surface area contributed by atoms with Gasteiger partial charge in [0.25, 0.3) is 0 Å². The zero-order valence-electron chi connectivity index (χ0n) is 14.4. The Morgan fingerprint density at radius 2 is 0.636 bits per heavy atom. The Morgan fingerprint density at radius 3 is 0.955 bits per heavy atom. The van der Waals surface area contributed by atoms with Crippen LogP contribution in [0.2, 0.25) is 0 Å². The normalized spacial score (nSPS) is 11.2. The summed E-state index contributed by atoms with van der Waals surface area (Å²) in [7, 11) is 4.11. The molecule has 0 bridgehead atoms. The fraction of sp³-hybridized carbons (Fsp3) is 1.00. The van der Waals surface area contributed by atoms with E-state index in [2.05, 4.69) is 21.6 Å². The molecule has 0 aliphatic heterocycles. The molecular weight excluding hydrogens is 312 g/mol. The van der Waals surface area contributed by atoms with Crippen LogP contribution in [0.25, 0.3) is 0 Å². The van der Waals surface area contributed by atoms with Crippen molar-refractivity contribution in [2.45, 2.75) is 89.9 Å². The van der Waals surface area contributed by atoms with E-state index >= 15 is 0 Å². The zero-order chi connectivity index (χ0) is 16.1. The highest BCUT2D eigenvalue weighted by Crippen LogP contribution is 2.24. The van der Waals surface area contributed by atoms with Crippen LogP contribution in [0.15, 0.2) is 0 Å². The van der Waals surface area contributed by atoms with Crippen molar-refractivity contribution >= 4 is 21.6 Å². The van der Waals surface area contributed by atoms with Crippen LogP contribution in [0.4, 0.5) is 0 Å². The van der Waals surface area contributed by atoms with E-state index in [1.54, 1.807) is 0 Å². The molecule has 0 spiro atoms. The third-order valence-electron chi connectivity index (χ3n) is 3.85. The van der Waals surface area contributed by atoms with Crippen LogP contribution in [0.3, 0.4) is 0 Å². The number of rotatable bonds is 19. The van der Waals surface area contributed by atoms with Gasteiger partial charge >= 0.3 is 0 Å². The summed E-state index contributed by atoms with van der Waals surface area (Å²) < 4.78 is 0. The molecule has 2 nitrogen and oxygen atoms in total. The first-order valence-electron chi connectivity index (χ1n) is 9.38. The standard InChI is InChI=1S/C18H38O2S2/c19-15-11-7-3-1-5-9-13-17-21-22-18-14-10-6-2-4-8-12-16-20/h19-20H,1-18H2. The molecule has 0 unspecified atom stereocenters. The molecule has 22 heavy (non-hydrogen) atoms. The van der Waals surface area contributed by atoms with Crippen LogP contribution in [0.1, 0.15) is 89.9 Å². The fourth-order valence-corrected chi connectivity index (χ4v) is 4.73. The van der Waals surface area contributed by atoms with Crippen molar-refractivity contribution in [3.05, 3.63) is 0 Å². The fourth-order valence-electron chi connectivity index (χ4n) is 2.43. The summed E-state index contributed by atoms with van der Waals surface area (Å²) in [5.74, 6) is 2.62. The minimum atomic E-state index is 0.359. The molecule has 4 heteroatoms. The molecule has 0 aromatic rings. The third-order valence-corrected chi connectivity index (χ3v) is 6.43. The van der Waals surface area contributed by atoms with Crippen molar-refractivity contribution in [3.63, 3.8) is 0 Å². The van der Waals surface area contributed by atoms with Gasteiger partial charge in [0.2, 0.25) is 0 Å². The molecule has 0 saturated heterocycles. The van der Waals surface area contributed by atoms with Gasteiger partial charge in [-0.05, 0) is 25.7 Å². The average molecular weight is 351 g/mol. The molecule has 0 saturated carbocycles. The van der Waals surface area contributed by atoms with Crippen LogP contribution in [0, 0.1) is 0 Å². The van der Waals surface area contributed by atoms with Crippen molar-refractivity contribution in [2.24, 2.45) is 0 Å². The Hall–Kier alpha value is 0.620. The average Bonchev–Trinajstić information content (AvgIpc) is 2.54. The monoisotopic (exact) mass is 350 g/mol. The van der Waals surface area contributed by atoms with Gasteiger partial charge in [0.15, 0.2) is 0 Å². The van der Waals surface area contributed by atoms with Crippen LogP contribution < -0.4 is 0 Å². The lowest BCUT2D eigenvalue weighted by Crippen LogP contribution is -1.85. The lowest BCUT2D eigenvalue weighted by molar-refractivity contribution is 0.282. The summed E-state index contributed by atoms with van der Waals surface area (Å²) in [4.78, 5) is 0. The van der Waals surface area contributed by atoms with Gasteiger partial charge in [0.05, 0.1) is 0 Å². The first-order valence-corrected chi connectivity index (χ1v) is 11.9. The molecule has 0 amide bonds. The lowest BCUT2D eigenvalue weighted by Gasteiger charge is -2.03. The van der Waals surface area contributed by atoms with Crippen LogP contribution in [0.5, 0.6) is 0 Å². The summed E-state index contributed by atoms with van der Waals surface area (Å²) in [5.41, 5.74) is 0. The summed E-state index contributed by atoms with van der Waals surface area (Å²) >= 11 is 0. The minimum absolute atomic E-state index is 0.359. The summed E-state index contributed by atoms with van der Waals surface area (Å²) in [5, 5.41) is 17.4. The van der Waals surface area contributed by atoms with Crippen molar-refractivity contribution in [2.75, 3.05) is 24.7 Å². The third kappa shape index (κ3) is 20.6. The van der Waals surface area contributed by atoms with Gasteiger partial charge in [0, 0.05) is 24.7 Å². The quantitative estimate of drug-likeness (QED) is 0.228. The van der Waals surface area contributed by atoms with E-state index in [1.807, 2.05) is 0 Å². The molecule has 2 N–H and O–H groups in total. The van der Waals surface area contributed by atoms with Gasteiger partial charge in [-0.25, -0.2) is 0 Å². The number of hydrogen-bond donors (Lipinski definition) is 2. The molecule has 0 aromatic heterocycles. The highest BCUT2D eigenvalue weighted by molar-refractivity contribution is 8.76. The summed E-state index contributed by atoms with van der Waals surface area (Å²) in [6.45, 7) is 0.717. The molecule has 0 radical (unpaired) electrons. The molecule has 0 aliphatic carbocycles. The maximum atomic E-state index is 8.69. The van der Waals surface area contributed by atoms with E-state index in [4.69, 9.17) is 10.2 Å². The van der Waals surface area contributed by atoms with E-state index in [9.17, 15) is 0 Å². The molecule has 0 heterocycles. The highest BCUT2D eigenvalue weighted by atomic mass is 33.1. The minimum Gasteiger partial charge on any atom is -0.396 e. The summed E-state index contributed by atoms with van der Waals surface area (Å²) in [6.07, 6.45) is 17.8. The van der Waals surface area contributed by atoms with Gasteiger partial charge in [-0.1, -0.05) is 85.8 Å². The van der Waals surface area contributed by atoms with Gasteiger partial charge in [0.1, 0.15) is 0 Å². The van der Waals surface area contributed by atoms with Gasteiger partial charge in [-0.3, -0.25) is 0 Å². The maximum absolute atomic E-state index is 8.69. The maximum Gasteiger partial charge on any atom is 0.0431 e. The van der Waals surface area contributed by atoms with E-state index in [0.29, 0.717) is 13.2 Å². The summed E-state index contributed by atoms with van der Waals surface area (Å²) in [6, 6.07) is 0. The first kappa shape index (κ1) is 22.6. The van der Waals surface area contributed by atoms with Crippen LogP contribution in [-0.4, -0.2) is 34.9 Å². The second-order valence-corrected chi connectivity index (χ2v) is 8.74. The van der Waals surface area contributed by atoms with E-state index in [1.165, 1.54) is 88.6 Å². The van der Waals surface area contributed by atoms with Crippen molar-refractivity contribution in [1.29, 1.82) is 0 Å². The van der Waals surface area contributed by atoms with E-state index in [0.717, 1.165) is 12.8 Å². The first-order chi connectivity index (χ1) is 10.9. The number of hydrogen-bond acceptors (Lipinski definition) is 4. The van der Waals surface area contributed by atoms with E-state index < -0.39 is 0 Å². The molecule has 134 valence electrons. The molecule has 0 aromatic carbocycles. The Bertz CT molecular complexity index is 172. The number of aliphatic hydroxyl groups is 2. The van der Waals surface area contributed by atoms with Crippen molar-refractivity contribution in [3.8, 4) is 0 Å². The number of unbranched alkanes of at least 4 members (excludes halogenated alkanes) is 12. The van der Waals surface area contributed by atoms with E-state index in [-0.39, 0.29) is 0 Å². The Morgan fingerprint density at radius 1 is 0.364 bits per heavy atom. The lowest BCUT2D eigenvalue weighted by atomic mass is 10.1. The zero-order valence-corrected chi connectivity index (χ0v) is 16.1. The molecule has 0 atom stereocenters. The largest absolute Gasteiger partial charge is 0.396 e. The number of aliphatic hydroxyl groups excluding tert-OH is 2. The Labute approximate surface area is 146 Å². The Kier molecular flexibility index (Phi) is 22.2. The van der Waals surface area contributed by atoms with Crippen molar-refractivity contribution < 1.29 is 10.2 Å². The van der Waals surface area contributed by atoms with Gasteiger partial charge < -0.3 is 10.2 Å². The molecule has 0 aliphatic rings. The second kappa shape index (κ2) is 21.6. The second-order valence-electron chi connectivity index (χ2n) is 6.04. The topological polar surface area (TPSA) is 40.5 Å². The van der Waals surface area contributed by atoms with Crippen molar-refractivity contribution in [1.82, 2.24) is 0 Å².